The molecule has 0 saturated carbocycles. The fourth-order valence-corrected chi connectivity index (χ4v) is 1.75. The molecule has 11 heteroatoms. The standard InChI is InChI=1S/C8H5F6NO3S/c9-7(10,11)18-15(6-4-2-1-3-5-6)19(16,17)8(12,13)14/h1-5H. The molecule has 0 unspecified atom stereocenters. The number of para-hydroxylation sites is 1. The molecule has 0 fully saturated rings. The van der Waals surface area contributed by atoms with E-state index in [-0.39, 0.29) is 0 Å². The van der Waals surface area contributed by atoms with E-state index in [9.17, 15) is 34.8 Å². The normalized spacial score (nSPS) is 13.4. The lowest BCUT2D eigenvalue weighted by atomic mass is 10.3. The molecule has 0 N–H and O–H groups in total. The Morgan fingerprint density at radius 2 is 1.42 bits per heavy atom. The van der Waals surface area contributed by atoms with Gasteiger partial charge in [-0.05, 0) is 12.1 Å². The van der Waals surface area contributed by atoms with Gasteiger partial charge in [-0.3, -0.25) is 0 Å². The zero-order valence-electron chi connectivity index (χ0n) is 8.73. The molecule has 0 aromatic heterocycles. The lowest BCUT2D eigenvalue weighted by Gasteiger charge is -2.24. The number of halogens is 6. The summed E-state index contributed by atoms with van der Waals surface area (Å²) in [6.45, 7) is 0. The van der Waals surface area contributed by atoms with Crippen molar-refractivity contribution in [2.75, 3.05) is 4.47 Å². The summed E-state index contributed by atoms with van der Waals surface area (Å²) in [6.07, 6.45) is -5.60. The third-order valence-electron chi connectivity index (χ3n) is 1.66. The molecule has 1 rings (SSSR count). The van der Waals surface area contributed by atoms with Crippen molar-refractivity contribution in [2.24, 2.45) is 0 Å². The van der Waals surface area contributed by atoms with Crippen LogP contribution in [0.25, 0.3) is 0 Å². The summed E-state index contributed by atoms with van der Waals surface area (Å²) in [6, 6.07) is 4.81. The van der Waals surface area contributed by atoms with Gasteiger partial charge in [-0.25, -0.2) is 0 Å². The highest BCUT2D eigenvalue weighted by Gasteiger charge is 2.54. The van der Waals surface area contributed by atoms with Gasteiger partial charge in [0.05, 0.1) is 5.69 Å². The highest BCUT2D eigenvalue weighted by Crippen LogP contribution is 2.34. The first-order valence-electron chi connectivity index (χ1n) is 4.37. The molecule has 0 heterocycles. The van der Waals surface area contributed by atoms with Crippen molar-refractivity contribution in [3.05, 3.63) is 30.3 Å². The summed E-state index contributed by atoms with van der Waals surface area (Å²) in [4.78, 5) is 2.94. The van der Waals surface area contributed by atoms with Crippen LogP contribution < -0.4 is 4.47 Å². The number of alkyl halides is 6. The third kappa shape index (κ3) is 3.73. The second kappa shape index (κ2) is 4.89. The van der Waals surface area contributed by atoms with E-state index in [0.717, 1.165) is 24.3 Å². The van der Waals surface area contributed by atoms with Gasteiger partial charge in [0, 0.05) is 0 Å². The van der Waals surface area contributed by atoms with Crippen molar-refractivity contribution in [2.45, 2.75) is 11.9 Å². The zero-order chi connectivity index (χ0) is 14.9. The van der Waals surface area contributed by atoms with Crippen LogP contribution in [0.3, 0.4) is 0 Å². The van der Waals surface area contributed by atoms with Crippen LogP contribution in [0.4, 0.5) is 32.0 Å². The van der Waals surface area contributed by atoms with E-state index in [4.69, 9.17) is 0 Å². The van der Waals surface area contributed by atoms with Crippen LogP contribution in [0.2, 0.25) is 0 Å². The molecular formula is C8H5F6NO3S. The van der Waals surface area contributed by atoms with E-state index >= 15 is 0 Å². The average Bonchev–Trinajstić information content (AvgIpc) is 2.24. The molecule has 0 saturated heterocycles. The molecule has 0 aliphatic heterocycles. The molecule has 1 aromatic rings. The first-order valence-corrected chi connectivity index (χ1v) is 5.81. The molecule has 0 aliphatic carbocycles. The maximum atomic E-state index is 12.3. The summed E-state index contributed by atoms with van der Waals surface area (Å²) >= 11 is 0. The van der Waals surface area contributed by atoms with Gasteiger partial charge in [0.15, 0.2) is 0 Å². The molecule has 0 amide bonds. The van der Waals surface area contributed by atoms with Gasteiger partial charge in [0.25, 0.3) is 0 Å². The predicted octanol–water partition coefficient (Wildman–Crippen LogP) is 2.79. The van der Waals surface area contributed by atoms with Gasteiger partial charge in [0.1, 0.15) is 0 Å². The van der Waals surface area contributed by atoms with Crippen molar-refractivity contribution in [3.63, 3.8) is 0 Å². The van der Waals surface area contributed by atoms with Crippen molar-refractivity contribution >= 4 is 15.7 Å². The molecule has 0 bridgehead atoms. The summed E-state index contributed by atoms with van der Waals surface area (Å²) in [5, 5.41) is 0. The van der Waals surface area contributed by atoms with Gasteiger partial charge < -0.3 is 0 Å². The number of nitrogens with zero attached hydrogens (tertiary/aromatic N) is 1. The van der Waals surface area contributed by atoms with E-state index in [1.807, 2.05) is 0 Å². The minimum Gasteiger partial charge on any atom is -0.195 e. The topological polar surface area (TPSA) is 46.6 Å². The highest BCUT2D eigenvalue weighted by molar-refractivity contribution is 7.93. The second-order valence-corrected chi connectivity index (χ2v) is 4.80. The Kier molecular flexibility index (Phi) is 4.00. The SMILES string of the molecule is O=S(=O)(N(OC(F)(F)F)c1ccccc1)C(F)(F)F. The maximum absolute atomic E-state index is 12.3. The highest BCUT2D eigenvalue weighted by atomic mass is 32.2. The minimum atomic E-state index is -6.33. The van der Waals surface area contributed by atoms with Gasteiger partial charge in [-0.1, -0.05) is 18.2 Å². The Morgan fingerprint density at radius 3 is 1.79 bits per heavy atom. The lowest BCUT2D eigenvalue weighted by molar-refractivity contribution is -0.322. The largest absolute Gasteiger partial charge is 0.544 e. The Balaban J connectivity index is 3.30. The number of benzene rings is 1. The van der Waals surface area contributed by atoms with Gasteiger partial charge in [-0.2, -0.15) is 26.4 Å². The maximum Gasteiger partial charge on any atom is 0.544 e. The lowest BCUT2D eigenvalue weighted by Crippen LogP contribution is -2.43. The molecule has 1 aromatic carbocycles. The quantitative estimate of drug-likeness (QED) is 0.637. The summed E-state index contributed by atoms with van der Waals surface area (Å²) in [7, 11) is -6.33. The van der Waals surface area contributed by atoms with Crippen LogP contribution >= 0.6 is 0 Å². The van der Waals surface area contributed by atoms with Crippen LogP contribution in [-0.4, -0.2) is 20.3 Å². The van der Waals surface area contributed by atoms with Crippen LogP contribution in [0.15, 0.2) is 30.3 Å². The van der Waals surface area contributed by atoms with Crippen molar-refractivity contribution in [1.82, 2.24) is 0 Å². The monoisotopic (exact) mass is 309 g/mol. The smallest absolute Gasteiger partial charge is 0.195 e. The Morgan fingerprint density at radius 1 is 0.947 bits per heavy atom. The van der Waals surface area contributed by atoms with Crippen molar-refractivity contribution < 1.29 is 39.6 Å². The van der Waals surface area contributed by atoms with Crippen molar-refractivity contribution in [1.29, 1.82) is 0 Å². The van der Waals surface area contributed by atoms with Crippen LogP contribution in [0, 0.1) is 0 Å². The molecule has 0 radical (unpaired) electrons. The fraction of sp³-hybridized carbons (Fsp3) is 0.250. The van der Waals surface area contributed by atoms with Gasteiger partial charge in [-0.15, -0.1) is 17.6 Å². The third-order valence-corrected chi connectivity index (χ3v) is 2.97. The first kappa shape index (κ1) is 15.6. The predicted molar refractivity (Wildman–Crippen MR) is 51.0 cm³/mol. The molecule has 4 nitrogen and oxygen atoms in total. The fourth-order valence-electron chi connectivity index (χ4n) is 0.978. The van der Waals surface area contributed by atoms with Crippen LogP contribution in [-0.2, 0) is 14.9 Å². The Labute approximate surface area is 103 Å². The van der Waals surface area contributed by atoms with Gasteiger partial charge >= 0.3 is 21.9 Å². The number of hydrogen-bond acceptors (Lipinski definition) is 3. The number of sulfonamides is 1. The molecule has 108 valence electrons. The first-order chi connectivity index (χ1) is 8.45. The molecule has 19 heavy (non-hydrogen) atoms. The van der Waals surface area contributed by atoms with E-state index in [1.165, 1.54) is 6.07 Å². The van der Waals surface area contributed by atoms with Crippen molar-refractivity contribution in [3.8, 4) is 0 Å². The van der Waals surface area contributed by atoms with E-state index in [0.29, 0.717) is 0 Å². The molecule has 0 atom stereocenters. The van der Waals surface area contributed by atoms with Gasteiger partial charge in [0.2, 0.25) is 0 Å². The summed E-state index contributed by atoms with van der Waals surface area (Å²) in [5.41, 5.74) is -6.87. The Hall–Kier alpha value is -1.49. The second-order valence-electron chi connectivity index (χ2n) is 3.05. The van der Waals surface area contributed by atoms with Crippen LogP contribution in [0.1, 0.15) is 0 Å². The molecular weight excluding hydrogens is 304 g/mol. The number of hydrogen-bond donors (Lipinski definition) is 0. The van der Waals surface area contributed by atoms with E-state index in [2.05, 4.69) is 4.84 Å². The minimum absolute atomic E-state index is 0.717. The average molecular weight is 309 g/mol. The summed E-state index contributed by atoms with van der Waals surface area (Å²) < 4.78 is 93.6. The summed E-state index contributed by atoms with van der Waals surface area (Å²) in [5.74, 6) is 0. The van der Waals surface area contributed by atoms with E-state index < -0.39 is 32.0 Å². The Bertz CT molecular complexity index is 524. The zero-order valence-corrected chi connectivity index (χ0v) is 9.55. The molecule has 0 spiro atoms. The number of anilines is 1. The molecule has 0 aliphatic rings. The van der Waals surface area contributed by atoms with Crippen LogP contribution in [0.5, 0.6) is 0 Å². The number of rotatable bonds is 3. The van der Waals surface area contributed by atoms with E-state index in [1.54, 1.807) is 0 Å².